The van der Waals surface area contributed by atoms with Crippen molar-refractivity contribution in [1.29, 1.82) is 0 Å². The van der Waals surface area contributed by atoms with Crippen LogP contribution in [0.5, 0.6) is 5.75 Å². The van der Waals surface area contributed by atoms with Crippen molar-refractivity contribution in [3.05, 3.63) is 58.6 Å². The molecular weight excluding hydrogens is 383 g/mol. The minimum atomic E-state index is -4.52. The van der Waals surface area contributed by atoms with E-state index < -0.39 is 17.6 Å². The minimum Gasteiger partial charge on any atom is -0.494 e. The first-order valence-electron chi connectivity index (χ1n) is 8.07. The fraction of sp³-hybridized carbons (Fsp3) is 0.263. The largest absolute Gasteiger partial charge is 0.494 e. The lowest BCUT2D eigenvalue weighted by Crippen LogP contribution is -2.14. The second-order valence-corrected chi connectivity index (χ2v) is 6.18. The number of rotatable bonds is 7. The maximum Gasteiger partial charge on any atom is 0.416 e. The highest BCUT2D eigenvalue weighted by Crippen LogP contribution is 2.33. The smallest absolute Gasteiger partial charge is 0.416 e. The summed E-state index contributed by atoms with van der Waals surface area (Å²) in [5.41, 5.74) is -0.406. The first-order chi connectivity index (χ1) is 12.7. The predicted octanol–water partition coefficient (Wildman–Crippen LogP) is 5.36. The lowest BCUT2D eigenvalue weighted by molar-refractivity contribution is -0.137. The molecule has 0 aliphatic heterocycles. The van der Waals surface area contributed by atoms with E-state index in [2.05, 4.69) is 5.32 Å². The maximum atomic E-state index is 12.7. The van der Waals surface area contributed by atoms with E-state index in [1.54, 1.807) is 24.3 Å². The van der Waals surface area contributed by atoms with Crippen LogP contribution in [0.3, 0.4) is 0 Å². The number of anilines is 1. The van der Waals surface area contributed by atoms with E-state index in [0.717, 1.165) is 18.2 Å². The average molecular weight is 400 g/mol. The van der Waals surface area contributed by atoms with Crippen LogP contribution in [-0.2, 0) is 11.0 Å². The Morgan fingerprint density at radius 2 is 1.78 bits per heavy atom. The third-order valence-corrected chi connectivity index (χ3v) is 3.98. The van der Waals surface area contributed by atoms with E-state index in [1.807, 2.05) is 0 Å². The Balaban J connectivity index is 1.82. The molecule has 0 radical (unpaired) electrons. The van der Waals surface area contributed by atoms with Gasteiger partial charge in [0.25, 0.3) is 0 Å². The van der Waals surface area contributed by atoms with E-state index in [4.69, 9.17) is 16.3 Å². The summed E-state index contributed by atoms with van der Waals surface area (Å²) in [6, 6.07) is 9.32. The van der Waals surface area contributed by atoms with Crippen molar-refractivity contribution in [2.75, 3.05) is 11.9 Å². The number of carbonyl (C=O) groups is 2. The Bertz CT molecular complexity index is 820. The summed E-state index contributed by atoms with van der Waals surface area (Å²) in [6.07, 6.45) is -4.11. The van der Waals surface area contributed by atoms with Gasteiger partial charge in [-0.2, -0.15) is 13.2 Å². The van der Waals surface area contributed by atoms with Gasteiger partial charge in [-0.1, -0.05) is 11.6 Å². The molecule has 0 saturated carbocycles. The number of carbonyl (C=O) groups excluding carboxylic acids is 2. The number of halogens is 4. The van der Waals surface area contributed by atoms with Gasteiger partial charge in [0.05, 0.1) is 22.9 Å². The monoisotopic (exact) mass is 399 g/mol. The van der Waals surface area contributed by atoms with Crippen molar-refractivity contribution in [2.24, 2.45) is 0 Å². The highest BCUT2D eigenvalue weighted by molar-refractivity contribution is 6.33. The lowest BCUT2D eigenvalue weighted by Gasteiger charge is -2.12. The molecule has 1 amide bonds. The Kier molecular flexibility index (Phi) is 6.85. The number of benzene rings is 2. The molecule has 2 rings (SSSR count). The van der Waals surface area contributed by atoms with Crippen molar-refractivity contribution in [3.8, 4) is 5.75 Å². The molecule has 0 spiro atoms. The van der Waals surface area contributed by atoms with Gasteiger partial charge in [0.15, 0.2) is 5.78 Å². The van der Waals surface area contributed by atoms with Crippen molar-refractivity contribution < 1.29 is 27.5 Å². The number of hydrogen-bond donors (Lipinski definition) is 1. The predicted molar refractivity (Wildman–Crippen MR) is 96.3 cm³/mol. The number of alkyl halides is 3. The normalized spacial score (nSPS) is 11.1. The lowest BCUT2D eigenvalue weighted by atomic mass is 10.1. The topological polar surface area (TPSA) is 55.4 Å². The third-order valence-electron chi connectivity index (χ3n) is 3.65. The summed E-state index contributed by atoms with van der Waals surface area (Å²) in [4.78, 5) is 23.1. The summed E-state index contributed by atoms with van der Waals surface area (Å²) < 4.78 is 43.6. The molecule has 2 aromatic rings. The van der Waals surface area contributed by atoms with Gasteiger partial charge in [0, 0.05) is 12.0 Å². The second-order valence-electron chi connectivity index (χ2n) is 5.77. The van der Waals surface area contributed by atoms with Crippen molar-refractivity contribution >= 4 is 29.0 Å². The summed E-state index contributed by atoms with van der Waals surface area (Å²) in [5.74, 6) is 0.0413. The fourth-order valence-electron chi connectivity index (χ4n) is 2.22. The van der Waals surface area contributed by atoms with Gasteiger partial charge >= 0.3 is 6.18 Å². The first-order valence-corrected chi connectivity index (χ1v) is 8.45. The zero-order chi connectivity index (χ0) is 20.0. The van der Waals surface area contributed by atoms with Gasteiger partial charge < -0.3 is 10.1 Å². The van der Waals surface area contributed by atoms with E-state index in [-0.39, 0.29) is 29.5 Å². The molecule has 144 valence electrons. The van der Waals surface area contributed by atoms with Crippen molar-refractivity contribution in [3.63, 3.8) is 0 Å². The zero-order valence-electron chi connectivity index (χ0n) is 14.4. The highest BCUT2D eigenvalue weighted by Gasteiger charge is 2.31. The standard InChI is InChI=1S/C19H17ClF3NO3/c1-12(25)13-4-7-15(8-5-13)27-10-2-3-18(26)24-17-11-14(19(21,22)23)6-9-16(17)20/h4-9,11H,2-3,10H2,1H3,(H,24,26). The zero-order valence-corrected chi connectivity index (χ0v) is 15.2. The number of Topliss-reactive ketones (excluding diaryl/α,β-unsaturated/α-hetero) is 1. The number of amides is 1. The molecule has 0 aromatic heterocycles. The molecule has 0 atom stereocenters. The molecule has 0 unspecified atom stereocenters. The Morgan fingerprint density at radius 1 is 1.11 bits per heavy atom. The summed E-state index contributed by atoms with van der Waals surface area (Å²) in [6.45, 7) is 1.70. The number of ether oxygens (including phenoxy) is 1. The summed E-state index contributed by atoms with van der Waals surface area (Å²) in [5, 5.41) is 2.40. The van der Waals surface area contributed by atoms with E-state index >= 15 is 0 Å². The molecule has 8 heteroatoms. The van der Waals surface area contributed by atoms with Crippen LogP contribution in [0.1, 0.15) is 35.7 Å². The van der Waals surface area contributed by atoms with Crippen LogP contribution in [0.25, 0.3) is 0 Å². The maximum absolute atomic E-state index is 12.7. The van der Waals surface area contributed by atoms with Crippen LogP contribution in [0, 0.1) is 0 Å². The highest BCUT2D eigenvalue weighted by atomic mass is 35.5. The molecule has 0 fully saturated rings. The van der Waals surface area contributed by atoms with Crippen LogP contribution in [0.2, 0.25) is 5.02 Å². The Morgan fingerprint density at radius 3 is 2.37 bits per heavy atom. The van der Waals surface area contributed by atoms with E-state index in [9.17, 15) is 22.8 Å². The number of ketones is 1. The molecule has 0 aliphatic carbocycles. The molecular formula is C19H17ClF3NO3. The fourth-order valence-corrected chi connectivity index (χ4v) is 2.38. The molecule has 2 aromatic carbocycles. The SMILES string of the molecule is CC(=O)c1ccc(OCCCC(=O)Nc2cc(C(F)(F)F)ccc2Cl)cc1. The van der Waals surface area contributed by atoms with Gasteiger partial charge in [0.1, 0.15) is 5.75 Å². The van der Waals surface area contributed by atoms with Crippen LogP contribution in [0.15, 0.2) is 42.5 Å². The molecule has 1 N–H and O–H groups in total. The van der Waals surface area contributed by atoms with Gasteiger partial charge in [-0.15, -0.1) is 0 Å². The molecule has 0 heterocycles. The van der Waals surface area contributed by atoms with Crippen molar-refractivity contribution in [2.45, 2.75) is 25.9 Å². The summed E-state index contributed by atoms with van der Waals surface area (Å²) in [7, 11) is 0. The number of hydrogen-bond acceptors (Lipinski definition) is 3. The average Bonchev–Trinajstić information content (AvgIpc) is 2.60. The van der Waals surface area contributed by atoms with Crippen LogP contribution in [0.4, 0.5) is 18.9 Å². The number of nitrogens with one attached hydrogen (secondary N) is 1. The molecule has 0 aliphatic rings. The van der Waals surface area contributed by atoms with Gasteiger partial charge in [-0.3, -0.25) is 9.59 Å². The van der Waals surface area contributed by atoms with Crippen LogP contribution in [-0.4, -0.2) is 18.3 Å². The Hall–Kier alpha value is -2.54. The van der Waals surface area contributed by atoms with Crippen LogP contribution >= 0.6 is 11.6 Å². The molecule has 27 heavy (non-hydrogen) atoms. The van der Waals surface area contributed by atoms with E-state index in [0.29, 0.717) is 17.7 Å². The third kappa shape index (κ3) is 6.29. The van der Waals surface area contributed by atoms with Gasteiger partial charge in [-0.25, -0.2) is 0 Å². The van der Waals surface area contributed by atoms with Crippen LogP contribution < -0.4 is 10.1 Å². The second kappa shape index (κ2) is 8.90. The molecule has 0 bridgehead atoms. The minimum absolute atomic E-state index is 0.0261. The van der Waals surface area contributed by atoms with Gasteiger partial charge in [-0.05, 0) is 55.8 Å². The Labute approximate surface area is 159 Å². The van der Waals surface area contributed by atoms with Crippen molar-refractivity contribution in [1.82, 2.24) is 0 Å². The molecule has 0 saturated heterocycles. The summed E-state index contributed by atoms with van der Waals surface area (Å²) >= 11 is 5.84. The van der Waals surface area contributed by atoms with E-state index in [1.165, 1.54) is 6.92 Å². The first kappa shape index (κ1) is 20.8. The molecule has 4 nitrogen and oxygen atoms in total. The van der Waals surface area contributed by atoms with Gasteiger partial charge in [0.2, 0.25) is 5.91 Å². The quantitative estimate of drug-likeness (QED) is 0.503.